The van der Waals surface area contributed by atoms with Crippen molar-refractivity contribution in [3.8, 4) is 0 Å². The zero-order valence-corrected chi connectivity index (χ0v) is 15.4. The number of aromatic nitrogens is 3. The SMILES string of the molecule is CCc1ccnc(N(CCC2OCCCC2(C)C)Cc2ncco2)n1. The van der Waals surface area contributed by atoms with Gasteiger partial charge in [0.2, 0.25) is 11.8 Å². The zero-order valence-electron chi connectivity index (χ0n) is 15.4. The van der Waals surface area contributed by atoms with Crippen LogP contribution >= 0.6 is 0 Å². The first kappa shape index (κ1) is 17.9. The van der Waals surface area contributed by atoms with Crippen LogP contribution in [-0.4, -0.2) is 34.2 Å². The van der Waals surface area contributed by atoms with Crippen molar-refractivity contribution in [3.63, 3.8) is 0 Å². The van der Waals surface area contributed by atoms with Crippen molar-refractivity contribution in [2.75, 3.05) is 18.1 Å². The van der Waals surface area contributed by atoms with Gasteiger partial charge in [-0.25, -0.2) is 15.0 Å². The molecule has 6 heteroatoms. The molecule has 0 radical (unpaired) electrons. The quantitative estimate of drug-likeness (QED) is 0.764. The van der Waals surface area contributed by atoms with Crippen LogP contribution in [0.3, 0.4) is 0 Å². The molecular weight excluding hydrogens is 316 g/mol. The van der Waals surface area contributed by atoms with Gasteiger partial charge in [0.15, 0.2) is 0 Å². The molecule has 2 aromatic heterocycles. The third-order valence-electron chi connectivity index (χ3n) is 4.97. The van der Waals surface area contributed by atoms with E-state index in [0.717, 1.165) is 44.1 Å². The highest BCUT2D eigenvalue weighted by Crippen LogP contribution is 2.35. The molecule has 25 heavy (non-hydrogen) atoms. The fraction of sp³-hybridized carbons (Fsp3) is 0.632. The Morgan fingerprint density at radius 1 is 1.28 bits per heavy atom. The molecular formula is C19H28N4O2. The number of hydrogen-bond acceptors (Lipinski definition) is 6. The summed E-state index contributed by atoms with van der Waals surface area (Å²) in [6.07, 6.45) is 9.53. The fourth-order valence-corrected chi connectivity index (χ4v) is 3.37. The molecule has 0 bridgehead atoms. The second-order valence-corrected chi connectivity index (χ2v) is 7.29. The lowest BCUT2D eigenvalue weighted by atomic mass is 9.79. The number of rotatable bonds is 7. The summed E-state index contributed by atoms with van der Waals surface area (Å²) in [7, 11) is 0. The van der Waals surface area contributed by atoms with Gasteiger partial charge in [-0.15, -0.1) is 0 Å². The predicted molar refractivity (Wildman–Crippen MR) is 96.3 cm³/mol. The van der Waals surface area contributed by atoms with Crippen LogP contribution in [0.2, 0.25) is 0 Å². The van der Waals surface area contributed by atoms with Gasteiger partial charge in [-0.3, -0.25) is 0 Å². The maximum atomic E-state index is 6.05. The number of ether oxygens (including phenoxy) is 1. The van der Waals surface area contributed by atoms with Gasteiger partial charge in [0, 0.05) is 25.0 Å². The summed E-state index contributed by atoms with van der Waals surface area (Å²) in [5.74, 6) is 1.40. The molecule has 1 saturated heterocycles. The lowest BCUT2D eigenvalue weighted by molar-refractivity contribution is -0.0699. The normalized spacial score (nSPS) is 19.7. The standard InChI is InChI=1S/C19H28N4O2/c1-4-15-6-9-21-18(22-15)23(14-17-20-10-13-25-17)11-7-16-19(2,3)8-5-12-24-16/h6,9-10,13,16H,4-5,7-8,11-12,14H2,1-3H3. The molecule has 0 aromatic carbocycles. The van der Waals surface area contributed by atoms with Crippen molar-refractivity contribution in [1.29, 1.82) is 0 Å². The summed E-state index contributed by atoms with van der Waals surface area (Å²) in [6, 6.07) is 1.96. The Balaban J connectivity index is 1.74. The van der Waals surface area contributed by atoms with E-state index < -0.39 is 0 Å². The highest BCUT2D eigenvalue weighted by Gasteiger charge is 2.33. The summed E-state index contributed by atoms with van der Waals surface area (Å²) < 4.78 is 11.5. The van der Waals surface area contributed by atoms with Gasteiger partial charge >= 0.3 is 0 Å². The molecule has 3 rings (SSSR count). The number of oxazole rings is 1. The van der Waals surface area contributed by atoms with E-state index in [9.17, 15) is 0 Å². The van der Waals surface area contributed by atoms with Crippen LogP contribution in [0.5, 0.6) is 0 Å². The van der Waals surface area contributed by atoms with Gasteiger partial charge in [0.05, 0.1) is 18.8 Å². The average molecular weight is 344 g/mol. The van der Waals surface area contributed by atoms with E-state index in [1.165, 1.54) is 6.42 Å². The molecule has 1 atom stereocenters. The Bertz CT molecular complexity index is 657. The van der Waals surface area contributed by atoms with Crippen molar-refractivity contribution >= 4 is 5.95 Å². The van der Waals surface area contributed by atoms with E-state index in [-0.39, 0.29) is 11.5 Å². The van der Waals surface area contributed by atoms with Crippen LogP contribution in [0.4, 0.5) is 5.95 Å². The molecule has 6 nitrogen and oxygen atoms in total. The molecule has 1 fully saturated rings. The van der Waals surface area contributed by atoms with E-state index in [2.05, 4.69) is 40.6 Å². The monoisotopic (exact) mass is 344 g/mol. The van der Waals surface area contributed by atoms with Crippen LogP contribution in [0.15, 0.2) is 29.1 Å². The van der Waals surface area contributed by atoms with Crippen molar-refractivity contribution in [2.45, 2.75) is 59.1 Å². The van der Waals surface area contributed by atoms with Gasteiger partial charge < -0.3 is 14.1 Å². The molecule has 136 valence electrons. The Kier molecular flexibility index (Phi) is 5.68. The Hall–Kier alpha value is -1.95. The summed E-state index contributed by atoms with van der Waals surface area (Å²) in [5.41, 5.74) is 1.25. The fourth-order valence-electron chi connectivity index (χ4n) is 3.37. The summed E-state index contributed by atoms with van der Waals surface area (Å²) in [5, 5.41) is 0. The van der Waals surface area contributed by atoms with Crippen molar-refractivity contribution in [1.82, 2.24) is 15.0 Å². The Morgan fingerprint density at radius 2 is 2.16 bits per heavy atom. The highest BCUT2D eigenvalue weighted by molar-refractivity contribution is 5.30. The van der Waals surface area contributed by atoms with Gasteiger partial charge in [-0.05, 0) is 37.2 Å². The number of nitrogens with zero attached hydrogens (tertiary/aromatic N) is 4. The minimum atomic E-state index is 0.207. The molecule has 0 spiro atoms. The van der Waals surface area contributed by atoms with Crippen LogP contribution in [0.25, 0.3) is 0 Å². The molecule has 1 aliphatic rings. The molecule has 0 saturated carbocycles. The van der Waals surface area contributed by atoms with Crippen molar-refractivity contribution < 1.29 is 9.15 Å². The van der Waals surface area contributed by atoms with E-state index >= 15 is 0 Å². The summed E-state index contributed by atoms with van der Waals surface area (Å²) in [6.45, 7) is 8.92. The van der Waals surface area contributed by atoms with Gasteiger partial charge in [-0.1, -0.05) is 20.8 Å². The smallest absolute Gasteiger partial charge is 0.225 e. The second-order valence-electron chi connectivity index (χ2n) is 7.29. The maximum absolute atomic E-state index is 6.05. The third-order valence-corrected chi connectivity index (χ3v) is 4.97. The molecule has 3 heterocycles. The first-order valence-electron chi connectivity index (χ1n) is 9.15. The van der Waals surface area contributed by atoms with Gasteiger partial charge in [0.25, 0.3) is 0 Å². The minimum absolute atomic E-state index is 0.207. The Morgan fingerprint density at radius 3 is 2.88 bits per heavy atom. The number of aryl methyl sites for hydroxylation is 1. The van der Waals surface area contributed by atoms with Crippen molar-refractivity contribution in [2.24, 2.45) is 5.41 Å². The largest absolute Gasteiger partial charge is 0.447 e. The molecule has 1 unspecified atom stereocenters. The topological polar surface area (TPSA) is 64.3 Å². The lowest BCUT2D eigenvalue weighted by Gasteiger charge is -2.39. The molecule has 2 aromatic rings. The van der Waals surface area contributed by atoms with Crippen LogP contribution in [-0.2, 0) is 17.7 Å². The van der Waals surface area contributed by atoms with E-state index in [0.29, 0.717) is 12.4 Å². The number of hydrogen-bond donors (Lipinski definition) is 0. The highest BCUT2D eigenvalue weighted by atomic mass is 16.5. The molecule has 0 N–H and O–H groups in total. The summed E-state index contributed by atoms with van der Waals surface area (Å²) >= 11 is 0. The van der Waals surface area contributed by atoms with E-state index in [1.54, 1.807) is 12.5 Å². The van der Waals surface area contributed by atoms with E-state index in [4.69, 9.17) is 9.15 Å². The van der Waals surface area contributed by atoms with Crippen LogP contribution in [0, 0.1) is 5.41 Å². The van der Waals surface area contributed by atoms with Crippen molar-refractivity contribution in [3.05, 3.63) is 36.3 Å². The van der Waals surface area contributed by atoms with Gasteiger partial charge in [-0.2, -0.15) is 0 Å². The predicted octanol–water partition coefficient (Wildman–Crippen LogP) is 3.63. The lowest BCUT2D eigenvalue weighted by Crippen LogP contribution is -2.39. The average Bonchev–Trinajstić information content (AvgIpc) is 3.12. The van der Waals surface area contributed by atoms with Crippen LogP contribution < -0.4 is 4.90 Å². The summed E-state index contributed by atoms with van der Waals surface area (Å²) in [4.78, 5) is 15.5. The molecule has 1 aliphatic heterocycles. The zero-order chi connectivity index (χ0) is 17.7. The first-order valence-corrected chi connectivity index (χ1v) is 9.15. The van der Waals surface area contributed by atoms with Gasteiger partial charge in [0.1, 0.15) is 6.26 Å². The Labute approximate surface area is 149 Å². The molecule has 0 amide bonds. The molecule has 0 aliphatic carbocycles. The number of anilines is 1. The van der Waals surface area contributed by atoms with Crippen LogP contribution in [0.1, 0.15) is 51.6 Å². The maximum Gasteiger partial charge on any atom is 0.225 e. The second kappa shape index (κ2) is 7.95. The van der Waals surface area contributed by atoms with E-state index in [1.807, 2.05) is 12.3 Å². The third kappa shape index (κ3) is 4.57. The first-order chi connectivity index (χ1) is 12.1. The minimum Gasteiger partial charge on any atom is -0.447 e.